The number of pyridine rings is 1. The molecule has 1 aromatic rings. The minimum Gasteiger partial charge on any atom is -0.265 e. The van der Waals surface area contributed by atoms with E-state index in [2.05, 4.69) is 45.7 Å². The fourth-order valence-electron chi connectivity index (χ4n) is 9.22. The molecular formula is C32H51NO4S. The SMILES string of the molecule is CC(C)CCC[C@@H](C)[C@H]1CC[C@H]2[C@@H]3CC=C4C[C@@H](OS(=O)(=O)O)CC[C@]4(C)[C@H]3CC[C@]12C.c1ccncc1. The lowest BCUT2D eigenvalue weighted by molar-refractivity contribution is -0.0560. The van der Waals surface area contributed by atoms with Gasteiger partial charge in [0, 0.05) is 12.4 Å². The molecule has 0 amide bonds. The zero-order valence-corrected chi connectivity index (χ0v) is 25.1. The molecule has 214 valence electrons. The number of fused-ring (bicyclic) bond motifs is 5. The average molecular weight is 546 g/mol. The van der Waals surface area contributed by atoms with Crippen molar-refractivity contribution in [2.24, 2.45) is 46.3 Å². The summed E-state index contributed by atoms with van der Waals surface area (Å²) in [6, 6.07) is 5.72. The van der Waals surface area contributed by atoms with Crippen LogP contribution in [0.1, 0.15) is 105 Å². The maximum absolute atomic E-state index is 11.2. The third-order valence-corrected chi connectivity index (χ3v) is 11.6. The van der Waals surface area contributed by atoms with Gasteiger partial charge in [0.15, 0.2) is 0 Å². The Bertz CT molecular complexity index is 1010. The van der Waals surface area contributed by atoms with Gasteiger partial charge in [0.25, 0.3) is 0 Å². The van der Waals surface area contributed by atoms with E-state index in [0.717, 1.165) is 42.4 Å². The Hall–Kier alpha value is -1.24. The summed E-state index contributed by atoms with van der Waals surface area (Å²) in [5.41, 5.74) is 2.05. The molecule has 5 nitrogen and oxygen atoms in total. The van der Waals surface area contributed by atoms with Gasteiger partial charge in [-0.1, -0.05) is 71.6 Å². The van der Waals surface area contributed by atoms with E-state index in [1.807, 2.05) is 18.2 Å². The second kappa shape index (κ2) is 12.1. The van der Waals surface area contributed by atoms with Crippen LogP contribution in [0.25, 0.3) is 0 Å². The van der Waals surface area contributed by atoms with Gasteiger partial charge >= 0.3 is 10.4 Å². The Morgan fingerprint density at radius 2 is 1.74 bits per heavy atom. The smallest absolute Gasteiger partial charge is 0.265 e. The molecule has 1 N–H and O–H groups in total. The fourth-order valence-corrected chi connectivity index (χ4v) is 9.73. The topological polar surface area (TPSA) is 76.5 Å². The molecule has 0 spiro atoms. The number of aromatic nitrogens is 1. The molecule has 4 aliphatic carbocycles. The average Bonchev–Trinajstić information content (AvgIpc) is 3.22. The number of nitrogens with zero attached hydrogens (tertiary/aromatic N) is 1. The highest BCUT2D eigenvalue weighted by Gasteiger charge is 2.59. The van der Waals surface area contributed by atoms with Crippen molar-refractivity contribution in [2.75, 3.05) is 0 Å². The molecule has 0 bridgehead atoms. The summed E-state index contributed by atoms with van der Waals surface area (Å²) >= 11 is 0. The zero-order valence-electron chi connectivity index (χ0n) is 24.3. The van der Waals surface area contributed by atoms with Crippen molar-refractivity contribution in [3.05, 3.63) is 42.2 Å². The standard InChI is InChI=1S/C27H46O4S.C5H5N/c1-18(2)7-6-8-19(3)23-11-12-24-22-10-9-20-17-21(31-32(28,29)30)13-15-26(20,4)25(22)14-16-27(23,24)5;1-2-4-6-5-3-1/h9,18-19,21-25H,6-8,10-17H2,1-5H3,(H,28,29,30);1-5H/t19-,21+,22+,23-,24+,25+,26+,27-;/m1./s1. The van der Waals surface area contributed by atoms with E-state index in [1.54, 1.807) is 12.4 Å². The molecule has 5 rings (SSSR count). The summed E-state index contributed by atoms with van der Waals surface area (Å²) in [4.78, 5) is 3.78. The molecular weight excluding hydrogens is 494 g/mol. The molecule has 3 saturated carbocycles. The summed E-state index contributed by atoms with van der Waals surface area (Å²) in [7, 11) is -4.38. The molecule has 0 saturated heterocycles. The second-order valence-corrected chi connectivity index (χ2v) is 14.8. The molecule has 0 radical (unpaired) electrons. The Labute approximate surface area is 232 Å². The zero-order chi connectivity index (χ0) is 27.6. The molecule has 1 heterocycles. The largest absolute Gasteiger partial charge is 0.397 e. The first-order valence-corrected chi connectivity index (χ1v) is 16.5. The molecule has 4 aliphatic rings. The molecule has 8 atom stereocenters. The van der Waals surface area contributed by atoms with Crippen molar-refractivity contribution in [3.63, 3.8) is 0 Å². The van der Waals surface area contributed by atoms with Crippen molar-refractivity contribution in [2.45, 2.75) is 111 Å². The number of allylic oxidation sites excluding steroid dienone is 1. The van der Waals surface area contributed by atoms with Gasteiger partial charge in [-0.25, -0.2) is 4.18 Å². The Kier molecular flexibility index (Phi) is 9.47. The van der Waals surface area contributed by atoms with Crippen LogP contribution in [0.3, 0.4) is 0 Å². The molecule has 0 unspecified atom stereocenters. The van der Waals surface area contributed by atoms with E-state index < -0.39 is 16.5 Å². The van der Waals surface area contributed by atoms with Gasteiger partial charge in [-0.15, -0.1) is 0 Å². The highest BCUT2D eigenvalue weighted by atomic mass is 32.3. The normalized spacial score (nSPS) is 37.2. The van der Waals surface area contributed by atoms with Gasteiger partial charge in [0.05, 0.1) is 6.10 Å². The predicted octanol–water partition coefficient (Wildman–Crippen LogP) is 8.30. The van der Waals surface area contributed by atoms with Crippen LogP contribution < -0.4 is 0 Å². The van der Waals surface area contributed by atoms with E-state index in [0.29, 0.717) is 24.2 Å². The van der Waals surface area contributed by atoms with Gasteiger partial charge < -0.3 is 0 Å². The van der Waals surface area contributed by atoms with Crippen LogP contribution >= 0.6 is 0 Å². The van der Waals surface area contributed by atoms with Crippen molar-refractivity contribution < 1.29 is 17.2 Å². The fraction of sp³-hybridized carbons (Fsp3) is 0.781. The first kappa shape index (κ1) is 29.7. The third-order valence-electron chi connectivity index (χ3n) is 11.1. The van der Waals surface area contributed by atoms with Gasteiger partial charge in [-0.2, -0.15) is 8.42 Å². The third kappa shape index (κ3) is 6.55. The minimum absolute atomic E-state index is 0.171. The van der Waals surface area contributed by atoms with Gasteiger partial charge in [-0.3, -0.25) is 9.54 Å². The molecule has 0 aromatic carbocycles. The summed E-state index contributed by atoms with van der Waals surface area (Å²) < 4.78 is 36.6. The molecule has 0 aliphatic heterocycles. The first-order valence-electron chi connectivity index (χ1n) is 15.1. The molecule has 38 heavy (non-hydrogen) atoms. The molecule has 6 heteroatoms. The van der Waals surface area contributed by atoms with Crippen molar-refractivity contribution >= 4 is 10.4 Å². The quantitative estimate of drug-likeness (QED) is 0.275. The predicted molar refractivity (Wildman–Crippen MR) is 154 cm³/mol. The Balaban J connectivity index is 0.000000494. The molecule has 1 aromatic heterocycles. The maximum atomic E-state index is 11.2. The van der Waals surface area contributed by atoms with Crippen molar-refractivity contribution in [1.82, 2.24) is 4.98 Å². The van der Waals surface area contributed by atoms with E-state index in [-0.39, 0.29) is 5.41 Å². The van der Waals surface area contributed by atoms with Crippen molar-refractivity contribution in [1.29, 1.82) is 0 Å². The lowest BCUT2D eigenvalue weighted by Crippen LogP contribution is -2.51. The number of hydrogen-bond donors (Lipinski definition) is 1. The first-order chi connectivity index (χ1) is 17.9. The lowest BCUT2D eigenvalue weighted by Gasteiger charge is -2.58. The summed E-state index contributed by atoms with van der Waals surface area (Å²) in [6.07, 6.45) is 18.6. The maximum Gasteiger partial charge on any atom is 0.397 e. The van der Waals surface area contributed by atoms with Gasteiger partial charge in [-0.05, 0) is 110 Å². The highest BCUT2D eigenvalue weighted by Crippen LogP contribution is 2.67. The van der Waals surface area contributed by atoms with Crippen LogP contribution in [-0.2, 0) is 14.6 Å². The van der Waals surface area contributed by atoms with Crippen LogP contribution in [0.4, 0.5) is 0 Å². The lowest BCUT2D eigenvalue weighted by atomic mass is 9.47. The monoisotopic (exact) mass is 545 g/mol. The molecule has 3 fully saturated rings. The summed E-state index contributed by atoms with van der Waals surface area (Å²) in [6.45, 7) is 12.3. The number of rotatable bonds is 7. The van der Waals surface area contributed by atoms with E-state index >= 15 is 0 Å². The van der Waals surface area contributed by atoms with E-state index in [9.17, 15) is 8.42 Å². The van der Waals surface area contributed by atoms with Crippen LogP contribution in [-0.4, -0.2) is 24.1 Å². The minimum atomic E-state index is -4.38. The van der Waals surface area contributed by atoms with Crippen LogP contribution in [0.2, 0.25) is 0 Å². The highest BCUT2D eigenvalue weighted by molar-refractivity contribution is 7.80. The summed E-state index contributed by atoms with van der Waals surface area (Å²) in [5.74, 6) is 4.83. The van der Waals surface area contributed by atoms with Crippen LogP contribution in [0, 0.1) is 46.3 Å². The van der Waals surface area contributed by atoms with Crippen LogP contribution in [0.5, 0.6) is 0 Å². The van der Waals surface area contributed by atoms with Gasteiger partial charge in [0.1, 0.15) is 0 Å². The summed E-state index contributed by atoms with van der Waals surface area (Å²) in [5, 5.41) is 0. The van der Waals surface area contributed by atoms with E-state index in [1.165, 1.54) is 50.5 Å². The Morgan fingerprint density at radius 3 is 2.34 bits per heavy atom. The second-order valence-electron chi connectivity index (χ2n) is 13.7. The van der Waals surface area contributed by atoms with Crippen molar-refractivity contribution in [3.8, 4) is 0 Å². The number of hydrogen-bond acceptors (Lipinski definition) is 4. The van der Waals surface area contributed by atoms with Gasteiger partial charge in [0.2, 0.25) is 0 Å². The van der Waals surface area contributed by atoms with E-state index in [4.69, 9.17) is 8.74 Å². The Morgan fingerprint density at radius 1 is 1.00 bits per heavy atom. The van der Waals surface area contributed by atoms with Crippen LogP contribution in [0.15, 0.2) is 42.2 Å².